The van der Waals surface area contributed by atoms with Gasteiger partial charge in [0.25, 0.3) is 0 Å². The van der Waals surface area contributed by atoms with Crippen LogP contribution in [0.15, 0.2) is 336 Å². The molecule has 0 bridgehead atoms. The van der Waals surface area contributed by atoms with Crippen molar-refractivity contribution in [3.63, 3.8) is 0 Å². The third-order valence-corrected chi connectivity index (χ3v) is 11.3. The third-order valence-electron chi connectivity index (χ3n) is 10.5. The zero-order chi connectivity index (χ0) is 82.0. The number of nitrogens with zero attached hydrogens (tertiary/aromatic N) is 5. The van der Waals surface area contributed by atoms with Crippen LogP contribution in [0.5, 0.6) is 0 Å². The first kappa shape index (κ1) is 160. The van der Waals surface area contributed by atoms with Crippen molar-refractivity contribution in [2.24, 2.45) is 15.7 Å². The average molecular weight is 1770 g/mol. The number of rotatable bonds is 1. The molecule has 0 spiro atoms. The number of aryl methyl sites for hydroxylation is 2. The van der Waals surface area contributed by atoms with E-state index in [1.807, 2.05) is 348 Å². The van der Waals surface area contributed by atoms with Crippen LogP contribution in [0, 0.1) is 26.3 Å². The Hall–Kier alpha value is -6.79. The molecule has 6 aromatic carbocycles. The van der Waals surface area contributed by atoms with Crippen LogP contribution in [0.2, 0.25) is 0 Å². The fourth-order valence-electron chi connectivity index (χ4n) is 6.13. The first-order valence-electron chi connectivity index (χ1n) is 38.1. The maximum absolute atomic E-state index is 9.50. The number of allylic oxidation sites excluding steroid dienone is 2. The van der Waals surface area contributed by atoms with Gasteiger partial charge in [-0.15, -0.1) is 23.5 Å². The number of aliphatic imine (C=N–C) groups is 2. The molecule has 14 rings (SSSR count). The van der Waals surface area contributed by atoms with Crippen LogP contribution in [-0.4, -0.2) is 75.1 Å². The second-order valence-corrected chi connectivity index (χ2v) is 18.9. The predicted octanol–water partition coefficient (Wildman–Crippen LogP) is 33.9. The molecule has 2 N–H and O–H groups in total. The molecular formula is C102H178F2N6O2SY2-2. The first-order valence-corrected chi connectivity index (χ1v) is 39.0. The summed E-state index contributed by atoms with van der Waals surface area (Å²) in [5, 5.41) is 2.08. The van der Waals surface area contributed by atoms with Crippen molar-refractivity contribution in [2.75, 3.05) is 47.7 Å². The monoisotopic (exact) mass is 1770 g/mol. The Bertz CT molecular complexity index is 2370. The summed E-state index contributed by atoms with van der Waals surface area (Å²) >= 11 is 1.78. The molecule has 1 saturated heterocycles. The zero-order valence-corrected chi connectivity index (χ0v) is 78.2. The second kappa shape index (κ2) is 183. The Balaban J connectivity index is -0.0000000458. The van der Waals surface area contributed by atoms with E-state index in [4.69, 9.17) is 4.74 Å². The quantitative estimate of drug-likeness (QED) is 0.164. The standard InChI is InChI=1S/C8H9.C7H8.C6H12.3C6H6.C6H5.C5H7N.C5H5N.C5H6S.C4H4N2.C4H5N.C4H8O.C4H4O.8C2H6.2CH3F.CH5N.7CH4.2Y/c1-2-8-6-4-3-5-7-8;1-7-5-3-2-4-6-7;5*1-2-4-6-5-3-1;1-5-2-3-6-4-5;1-2-4-6-5-3-1;1-5-3-2-4-6-5;1-2-5-4-6-3-1;3*1-2-4-5-3-1;11*1-2;;;;;;;;;/h2-7H,1H3;2-6H,1H3;1-6H2;3*1-6H;1-5H;2-3H,4H2,1H3;1-5H;2-4H,1H3;1-4H;1-3H,4H2;1-4H2;1-4H;8*1-2H3;2*1H3;2H2,1H3;7*1H4;;/q-1;;;;;;-1;;;;;;;;;;;;;;;;;;;;;;;;;;;. The summed E-state index contributed by atoms with van der Waals surface area (Å²) in [6.45, 7) is 44.1. The molecule has 2 fully saturated rings. The number of thiophene rings is 1. The second-order valence-electron chi connectivity index (χ2n) is 17.7. The number of aromatic nitrogens is 3. The normalized spacial score (nSPS) is 9.04. The van der Waals surface area contributed by atoms with Gasteiger partial charge >= 0.3 is 0 Å². The molecule has 656 valence electrons. The van der Waals surface area contributed by atoms with E-state index >= 15 is 0 Å². The molecule has 2 radical (unpaired) electrons. The Morgan fingerprint density at radius 3 is 0.835 bits per heavy atom. The van der Waals surface area contributed by atoms with Gasteiger partial charge in [-0.3, -0.25) is 23.7 Å². The smallest absolute Gasteiger partial charge is 0.115 e. The van der Waals surface area contributed by atoms with E-state index in [9.17, 15) is 8.78 Å². The molecule has 3 aliphatic heterocycles. The molecule has 4 aliphatic rings. The minimum atomic E-state index is 0. The van der Waals surface area contributed by atoms with Gasteiger partial charge in [0.15, 0.2) is 0 Å². The molecule has 4 aromatic heterocycles. The zero-order valence-electron chi connectivity index (χ0n) is 71.7. The van der Waals surface area contributed by atoms with Gasteiger partial charge in [0.1, 0.15) is 6.33 Å². The Morgan fingerprint density at radius 1 is 0.383 bits per heavy atom. The number of nitrogens with two attached hydrogens (primary N) is 1. The van der Waals surface area contributed by atoms with Gasteiger partial charge in [0, 0.05) is 121 Å². The summed E-state index contributed by atoms with van der Waals surface area (Å²) < 4.78 is 28.5. The molecule has 0 unspecified atom stereocenters. The maximum atomic E-state index is 9.50. The van der Waals surface area contributed by atoms with Crippen molar-refractivity contribution < 1.29 is 83.4 Å². The number of furan rings is 1. The Kier molecular flexibility index (Phi) is 255. The summed E-state index contributed by atoms with van der Waals surface area (Å²) in [5.74, 6) is 0. The molecule has 115 heavy (non-hydrogen) atoms. The number of pyridine rings is 1. The van der Waals surface area contributed by atoms with E-state index in [1.165, 1.54) is 86.3 Å². The Labute approximate surface area is 770 Å². The summed E-state index contributed by atoms with van der Waals surface area (Å²) in [7, 11) is 2.50. The van der Waals surface area contributed by atoms with Crippen molar-refractivity contribution >= 4 is 23.8 Å². The third kappa shape index (κ3) is 176. The van der Waals surface area contributed by atoms with Crippen molar-refractivity contribution in [2.45, 2.75) is 242 Å². The molecular weight excluding hydrogens is 1590 g/mol. The molecule has 1 saturated carbocycles. The van der Waals surface area contributed by atoms with Gasteiger partial charge in [0.05, 0.1) is 40.0 Å². The predicted molar refractivity (Wildman–Crippen MR) is 525 cm³/mol. The summed E-state index contributed by atoms with van der Waals surface area (Å²) in [5.41, 5.74) is 8.46. The van der Waals surface area contributed by atoms with E-state index < -0.39 is 0 Å². The van der Waals surface area contributed by atoms with Crippen LogP contribution in [0.25, 0.3) is 0 Å². The number of hydrogen-bond donors (Lipinski definition) is 1. The van der Waals surface area contributed by atoms with E-state index in [1.54, 1.807) is 60.9 Å². The molecule has 8 nitrogen and oxygen atoms in total. The van der Waals surface area contributed by atoms with Crippen molar-refractivity contribution in [1.29, 1.82) is 0 Å². The Morgan fingerprint density at radius 2 is 0.713 bits per heavy atom. The van der Waals surface area contributed by atoms with Crippen molar-refractivity contribution in [1.82, 2.24) is 15.0 Å². The van der Waals surface area contributed by atoms with Crippen LogP contribution in [-0.2, 0) is 70.2 Å². The summed E-state index contributed by atoms with van der Waals surface area (Å²) in [6, 6.07) is 84.3. The number of halogens is 2. The molecule has 13 heteroatoms. The average Bonchev–Trinajstić information content (AvgIpc) is 1.85. The molecule has 0 atom stereocenters. The van der Waals surface area contributed by atoms with Crippen LogP contribution in [0.4, 0.5) is 8.78 Å². The van der Waals surface area contributed by atoms with Gasteiger partial charge in [-0.05, 0) is 94.6 Å². The fraction of sp³-hybridized carbons (Fsp3) is 0.412. The fourth-order valence-corrected chi connectivity index (χ4v) is 6.66. The van der Waals surface area contributed by atoms with Crippen LogP contribution in [0.3, 0.4) is 0 Å². The van der Waals surface area contributed by atoms with E-state index in [0.717, 1.165) is 26.3 Å². The van der Waals surface area contributed by atoms with Gasteiger partial charge < -0.3 is 14.9 Å². The minimum absolute atomic E-state index is 0. The number of alkyl halides is 2. The number of hydrogen-bond acceptors (Lipinski definition) is 9. The van der Waals surface area contributed by atoms with Crippen LogP contribution >= 0.6 is 11.3 Å². The maximum Gasteiger partial charge on any atom is 0.115 e. The van der Waals surface area contributed by atoms with Gasteiger partial charge in [-0.25, -0.2) is 9.97 Å². The molecule has 10 aromatic rings. The van der Waals surface area contributed by atoms with Crippen molar-refractivity contribution in [3.8, 4) is 0 Å². The van der Waals surface area contributed by atoms with Crippen LogP contribution in [0.1, 0.15) is 244 Å². The van der Waals surface area contributed by atoms with E-state index in [-0.39, 0.29) is 117 Å². The van der Waals surface area contributed by atoms with Crippen molar-refractivity contribution in [3.05, 3.63) is 350 Å². The molecule has 0 amide bonds. The van der Waals surface area contributed by atoms with Gasteiger partial charge in [-0.1, -0.05) is 383 Å². The number of benzene rings is 6. The number of ether oxygens (including phenoxy) is 1. The first-order chi connectivity index (χ1) is 52.6. The summed E-state index contributed by atoms with van der Waals surface area (Å²) in [4.78, 5) is 20.3. The van der Waals surface area contributed by atoms with E-state index in [0.29, 0.717) is 14.4 Å². The SMILES string of the molecule is C.C.C.C.C.C.C.C1=CCN=C1.C1CCCCC1.C1CCOC1.CC.CC.CC.CC.CC.CC.CC.CC.CC1=CC=NC1.CF.CF.CN.C[CH-]c1ccccc1.Cc1ccccc1.Cc1cccs1.[Y].[Y].[c-]1ccccc1.c1ccccc1.c1ccccc1.c1ccccc1.c1ccncc1.c1ccoc1.c1cncnc1. The van der Waals surface area contributed by atoms with E-state index in [2.05, 4.69) is 110 Å². The molecule has 1 aliphatic carbocycles. The topological polar surface area (TPSA) is 112 Å². The van der Waals surface area contributed by atoms with Gasteiger partial charge in [0.2, 0.25) is 0 Å². The summed E-state index contributed by atoms with van der Waals surface area (Å²) in [6.07, 6.45) is 34.9. The van der Waals surface area contributed by atoms with Gasteiger partial charge in [-0.2, -0.15) is 60.5 Å². The van der Waals surface area contributed by atoms with Crippen LogP contribution < -0.4 is 5.73 Å². The largest absolute Gasteiger partial charge is 0.473 e. The minimum Gasteiger partial charge on any atom is -0.473 e. The molecule has 7 heterocycles.